The summed E-state index contributed by atoms with van der Waals surface area (Å²) in [4.78, 5) is 0. The molecule has 0 aliphatic carbocycles. The van der Waals surface area contributed by atoms with Crippen molar-refractivity contribution in [3.05, 3.63) is 34.3 Å². The summed E-state index contributed by atoms with van der Waals surface area (Å²) in [6.07, 6.45) is 0.722. The van der Waals surface area contributed by atoms with Crippen LogP contribution in [-0.2, 0) is 11.2 Å². The lowest BCUT2D eigenvalue weighted by molar-refractivity contribution is 0.141. The van der Waals surface area contributed by atoms with E-state index in [2.05, 4.69) is 0 Å². The number of halogens is 1. The Kier molecular flexibility index (Phi) is 4.14. The van der Waals surface area contributed by atoms with Gasteiger partial charge in [-0.15, -0.1) is 0 Å². The summed E-state index contributed by atoms with van der Waals surface area (Å²) < 4.78 is 5.07. The van der Waals surface area contributed by atoms with Crippen LogP contribution in [0.25, 0.3) is 0 Å². The maximum absolute atomic E-state index is 6.14. The second-order valence-electron chi connectivity index (χ2n) is 4.36. The van der Waals surface area contributed by atoms with Crippen LogP contribution in [0.1, 0.15) is 18.1 Å². The molecule has 0 radical (unpaired) electrons. The summed E-state index contributed by atoms with van der Waals surface area (Å²) >= 11 is 6.14. The maximum Gasteiger partial charge on any atom is 0.0642 e. The molecule has 0 heterocycles. The zero-order valence-corrected chi connectivity index (χ0v) is 10.3. The number of nitrogens with two attached hydrogens (primary N) is 1. The fraction of sp³-hybridized carbons (Fsp3) is 0.500. The standard InChI is InChI=1S/C12H18ClNO/c1-9-4-5-10(11(13)6-9)7-12(2,14)8-15-3/h4-6H,7-8,14H2,1-3H3. The molecule has 0 bridgehead atoms. The van der Waals surface area contributed by atoms with E-state index >= 15 is 0 Å². The molecule has 0 saturated carbocycles. The molecule has 0 aromatic heterocycles. The molecule has 3 heteroatoms. The smallest absolute Gasteiger partial charge is 0.0642 e. The van der Waals surface area contributed by atoms with Crippen molar-refractivity contribution in [3.63, 3.8) is 0 Å². The highest BCUT2D eigenvalue weighted by Gasteiger charge is 2.20. The van der Waals surface area contributed by atoms with E-state index < -0.39 is 0 Å². The van der Waals surface area contributed by atoms with Crippen molar-refractivity contribution in [3.8, 4) is 0 Å². The van der Waals surface area contributed by atoms with Gasteiger partial charge < -0.3 is 10.5 Å². The molecular formula is C12H18ClNO. The average molecular weight is 228 g/mol. The normalized spacial score (nSPS) is 15.0. The van der Waals surface area contributed by atoms with Crippen molar-refractivity contribution in [1.29, 1.82) is 0 Å². The Bertz CT molecular complexity index is 336. The van der Waals surface area contributed by atoms with Crippen LogP contribution < -0.4 is 5.73 Å². The minimum atomic E-state index is -0.367. The van der Waals surface area contributed by atoms with E-state index in [1.807, 2.05) is 32.0 Å². The molecule has 0 amide bonds. The van der Waals surface area contributed by atoms with Crippen LogP contribution in [0.4, 0.5) is 0 Å². The predicted molar refractivity (Wildman–Crippen MR) is 64.4 cm³/mol. The van der Waals surface area contributed by atoms with Crippen LogP contribution >= 0.6 is 11.6 Å². The highest BCUT2D eigenvalue weighted by molar-refractivity contribution is 6.31. The fourth-order valence-electron chi connectivity index (χ4n) is 1.61. The van der Waals surface area contributed by atoms with Gasteiger partial charge >= 0.3 is 0 Å². The second-order valence-corrected chi connectivity index (χ2v) is 4.77. The lowest BCUT2D eigenvalue weighted by Gasteiger charge is -2.24. The Labute approximate surface area is 96.4 Å². The van der Waals surface area contributed by atoms with Crippen LogP contribution in [0.2, 0.25) is 5.02 Å². The van der Waals surface area contributed by atoms with Gasteiger partial charge in [-0.25, -0.2) is 0 Å². The molecule has 1 aromatic rings. The summed E-state index contributed by atoms with van der Waals surface area (Å²) in [5.74, 6) is 0. The van der Waals surface area contributed by atoms with E-state index in [0.717, 1.165) is 22.6 Å². The third-order valence-electron chi connectivity index (χ3n) is 2.28. The first-order valence-corrected chi connectivity index (χ1v) is 5.35. The van der Waals surface area contributed by atoms with Crippen molar-refractivity contribution in [2.45, 2.75) is 25.8 Å². The van der Waals surface area contributed by atoms with Crippen molar-refractivity contribution in [1.82, 2.24) is 0 Å². The monoisotopic (exact) mass is 227 g/mol. The van der Waals surface area contributed by atoms with Crippen LogP contribution in [0, 0.1) is 6.92 Å². The third-order valence-corrected chi connectivity index (χ3v) is 2.63. The summed E-state index contributed by atoms with van der Waals surface area (Å²) in [6, 6.07) is 6.03. The molecule has 15 heavy (non-hydrogen) atoms. The molecule has 1 unspecified atom stereocenters. The molecule has 2 N–H and O–H groups in total. The first-order chi connectivity index (χ1) is 6.94. The minimum absolute atomic E-state index is 0.367. The predicted octanol–water partition coefficient (Wildman–Crippen LogP) is 2.55. The maximum atomic E-state index is 6.14. The molecule has 0 saturated heterocycles. The first-order valence-electron chi connectivity index (χ1n) is 4.97. The number of ether oxygens (including phenoxy) is 1. The largest absolute Gasteiger partial charge is 0.383 e. The summed E-state index contributed by atoms with van der Waals surface area (Å²) in [5, 5.41) is 0.780. The Hall–Kier alpha value is -0.570. The zero-order chi connectivity index (χ0) is 11.5. The molecule has 0 spiro atoms. The van der Waals surface area contributed by atoms with E-state index in [1.165, 1.54) is 0 Å². The molecule has 1 aromatic carbocycles. The number of aryl methyl sites for hydroxylation is 1. The van der Waals surface area contributed by atoms with Gasteiger partial charge in [0, 0.05) is 17.7 Å². The van der Waals surface area contributed by atoms with Crippen LogP contribution in [-0.4, -0.2) is 19.3 Å². The van der Waals surface area contributed by atoms with E-state index in [9.17, 15) is 0 Å². The lowest BCUT2D eigenvalue weighted by Crippen LogP contribution is -2.43. The van der Waals surface area contributed by atoms with E-state index in [-0.39, 0.29) is 5.54 Å². The first kappa shape index (κ1) is 12.5. The second kappa shape index (κ2) is 4.97. The highest BCUT2D eigenvalue weighted by atomic mass is 35.5. The van der Waals surface area contributed by atoms with E-state index in [0.29, 0.717) is 6.61 Å². The van der Waals surface area contributed by atoms with E-state index in [1.54, 1.807) is 7.11 Å². The molecular weight excluding hydrogens is 210 g/mol. The average Bonchev–Trinajstić information content (AvgIpc) is 2.09. The molecule has 1 rings (SSSR count). The lowest BCUT2D eigenvalue weighted by atomic mass is 9.94. The summed E-state index contributed by atoms with van der Waals surface area (Å²) in [5.41, 5.74) is 7.95. The quantitative estimate of drug-likeness (QED) is 0.858. The van der Waals surface area contributed by atoms with Gasteiger partial charge in [0.2, 0.25) is 0 Å². The summed E-state index contributed by atoms with van der Waals surface area (Å²) in [7, 11) is 1.65. The zero-order valence-electron chi connectivity index (χ0n) is 9.51. The Balaban J connectivity index is 2.80. The Morgan fingerprint density at radius 1 is 1.47 bits per heavy atom. The Morgan fingerprint density at radius 2 is 2.13 bits per heavy atom. The van der Waals surface area contributed by atoms with Gasteiger partial charge in [0.15, 0.2) is 0 Å². The minimum Gasteiger partial charge on any atom is -0.383 e. The third kappa shape index (κ3) is 3.82. The number of hydrogen-bond donors (Lipinski definition) is 1. The van der Waals surface area contributed by atoms with Gasteiger partial charge in [-0.1, -0.05) is 23.7 Å². The van der Waals surface area contributed by atoms with Gasteiger partial charge in [0.1, 0.15) is 0 Å². The highest BCUT2D eigenvalue weighted by Crippen LogP contribution is 2.21. The van der Waals surface area contributed by atoms with Gasteiger partial charge in [0.25, 0.3) is 0 Å². The SMILES string of the molecule is COCC(C)(N)Cc1ccc(C)cc1Cl. The number of benzene rings is 1. The summed E-state index contributed by atoms with van der Waals surface area (Å²) in [6.45, 7) is 4.51. The van der Waals surface area contributed by atoms with Gasteiger partial charge in [0.05, 0.1) is 6.61 Å². The van der Waals surface area contributed by atoms with Crippen LogP contribution in [0.5, 0.6) is 0 Å². The van der Waals surface area contributed by atoms with Crippen molar-refractivity contribution in [2.24, 2.45) is 5.73 Å². The molecule has 1 atom stereocenters. The number of methoxy groups -OCH3 is 1. The van der Waals surface area contributed by atoms with Gasteiger partial charge in [-0.05, 0) is 37.5 Å². The molecule has 0 aliphatic rings. The van der Waals surface area contributed by atoms with Crippen LogP contribution in [0.15, 0.2) is 18.2 Å². The van der Waals surface area contributed by atoms with Crippen molar-refractivity contribution in [2.75, 3.05) is 13.7 Å². The van der Waals surface area contributed by atoms with E-state index in [4.69, 9.17) is 22.1 Å². The molecule has 0 aliphatic heterocycles. The molecule has 0 fully saturated rings. The van der Waals surface area contributed by atoms with Gasteiger partial charge in [-0.2, -0.15) is 0 Å². The topological polar surface area (TPSA) is 35.2 Å². The van der Waals surface area contributed by atoms with Crippen molar-refractivity contribution < 1.29 is 4.74 Å². The number of hydrogen-bond acceptors (Lipinski definition) is 2. The Morgan fingerprint density at radius 3 is 2.67 bits per heavy atom. The van der Waals surface area contributed by atoms with Gasteiger partial charge in [-0.3, -0.25) is 0 Å². The fourth-order valence-corrected chi connectivity index (χ4v) is 1.91. The number of rotatable bonds is 4. The molecule has 2 nitrogen and oxygen atoms in total. The molecule has 84 valence electrons. The van der Waals surface area contributed by atoms with Crippen molar-refractivity contribution >= 4 is 11.6 Å². The van der Waals surface area contributed by atoms with Crippen LogP contribution in [0.3, 0.4) is 0 Å².